The minimum absolute atomic E-state index is 0.00321. The molecule has 1 saturated heterocycles. The third kappa shape index (κ3) is 4.28. The van der Waals surface area contributed by atoms with Crippen molar-refractivity contribution in [3.05, 3.63) is 24.3 Å². The molecule has 3 N–H and O–H groups in total. The number of phenols is 1. The van der Waals surface area contributed by atoms with E-state index in [-0.39, 0.29) is 23.9 Å². The fraction of sp³-hybridized carbons (Fsp3) is 0.467. The van der Waals surface area contributed by atoms with Crippen LogP contribution in [-0.4, -0.2) is 47.9 Å². The number of rotatable bonds is 3. The second-order valence-electron chi connectivity index (χ2n) is 5.08. The van der Waals surface area contributed by atoms with Gasteiger partial charge in [-0.1, -0.05) is 12.1 Å². The standard InChI is InChI=1S/C15H21N3O4/c1-2-22-15(21)18-9-7-11(8-10-18)16-14(20)17-12-5-3-4-6-13(12)19/h3-6,11,19H,2,7-10H2,1H3,(H2,16,17,20). The smallest absolute Gasteiger partial charge is 0.409 e. The van der Waals surface area contributed by atoms with Crippen molar-refractivity contribution in [2.75, 3.05) is 25.0 Å². The van der Waals surface area contributed by atoms with Gasteiger partial charge in [0, 0.05) is 19.1 Å². The summed E-state index contributed by atoms with van der Waals surface area (Å²) in [7, 11) is 0. The molecular formula is C15H21N3O4. The number of anilines is 1. The van der Waals surface area contributed by atoms with Gasteiger partial charge in [0.2, 0.25) is 0 Å². The zero-order chi connectivity index (χ0) is 15.9. The molecule has 22 heavy (non-hydrogen) atoms. The highest BCUT2D eigenvalue weighted by Crippen LogP contribution is 2.21. The number of aromatic hydroxyl groups is 1. The maximum Gasteiger partial charge on any atom is 0.409 e. The summed E-state index contributed by atoms with van der Waals surface area (Å²) in [5.41, 5.74) is 0.365. The molecule has 120 valence electrons. The van der Waals surface area contributed by atoms with Crippen molar-refractivity contribution >= 4 is 17.8 Å². The second-order valence-corrected chi connectivity index (χ2v) is 5.08. The number of para-hydroxylation sites is 2. The summed E-state index contributed by atoms with van der Waals surface area (Å²) in [6.45, 7) is 3.25. The van der Waals surface area contributed by atoms with Crippen molar-refractivity contribution in [2.24, 2.45) is 0 Å². The zero-order valence-corrected chi connectivity index (χ0v) is 12.5. The van der Waals surface area contributed by atoms with Crippen LogP contribution in [0.2, 0.25) is 0 Å². The van der Waals surface area contributed by atoms with Crippen LogP contribution in [0, 0.1) is 0 Å². The number of urea groups is 1. The van der Waals surface area contributed by atoms with Crippen molar-refractivity contribution in [2.45, 2.75) is 25.8 Å². The summed E-state index contributed by atoms with van der Waals surface area (Å²) in [4.78, 5) is 25.1. The van der Waals surface area contributed by atoms with Crippen molar-refractivity contribution < 1.29 is 19.4 Å². The lowest BCUT2D eigenvalue weighted by molar-refractivity contribution is 0.0959. The topological polar surface area (TPSA) is 90.9 Å². The maximum absolute atomic E-state index is 11.9. The highest BCUT2D eigenvalue weighted by Gasteiger charge is 2.24. The lowest BCUT2D eigenvalue weighted by Gasteiger charge is -2.31. The molecule has 3 amide bonds. The van der Waals surface area contributed by atoms with Crippen molar-refractivity contribution in [3.63, 3.8) is 0 Å². The van der Waals surface area contributed by atoms with Crippen molar-refractivity contribution in [3.8, 4) is 5.75 Å². The highest BCUT2D eigenvalue weighted by molar-refractivity contribution is 5.91. The Kier molecular flexibility index (Phi) is 5.46. The van der Waals surface area contributed by atoms with E-state index in [1.54, 1.807) is 30.0 Å². The number of nitrogens with zero attached hydrogens (tertiary/aromatic N) is 1. The first-order chi connectivity index (χ1) is 10.6. The van der Waals surface area contributed by atoms with Crippen LogP contribution in [0.15, 0.2) is 24.3 Å². The fourth-order valence-electron chi connectivity index (χ4n) is 2.34. The van der Waals surface area contributed by atoms with E-state index >= 15 is 0 Å². The minimum atomic E-state index is -0.365. The van der Waals surface area contributed by atoms with E-state index in [1.165, 1.54) is 6.07 Å². The summed E-state index contributed by atoms with van der Waals surface area (Å²) in [5.74, 6) is 0.0229. The number of phenolic OH excluding ortho intramolecular Hbond substituents is 1. The van der Waals surface area contributed by atoms with Crippen LogP contribution in [0.4, 0.5) is 15.3 Å². The molecule has 0 radical (unpaired) electrons. The first kappa shape index (κ1) is 15.9. The Hall–Kier alpha value is -2.44. The Morgan fingerprint density at radius 2 is 2.00 bits per heavy atom. The van der Waals surface area contributed by atoms with Gasteiger partial charge in [0.05, 0.1) is 12.3 Å². The number of amides is 3. The first-order valence-corrected chi connectivity index (χ1v) is 7.37. The van der Waals surface area contributed by atoms with Crippen LogP contribution in [-0.2, 0) is 4.74 Å². The quantitative estimate of drug-likeness (QED) is 0.746. The van der Waals surface area contributed by atoms with Crippen LogP contribution in [0.3, 0.4) is 0 Å². The molecular weight excluding hydrogens is 286 g/mol. The average molecular weight is 307 g/mol. The second kappa shape index (κ2) is 7.53. The average Bonchev–Trinajstić information content (AvgIpc) is 2.50. The van der Waals surface area contributed by atoms with E-state index in [9.17, 15) is 14.7 Å². The summed E-state index contributed by atoms with van der Waals surface area (Å²) < 4.78 is 4.95. The summed E-state index contributed by atoms with van der Waals surface area (Å²) in [6.07, 6.45) is 1.04. The molecule has 1 aromatic carbocycles. The van der Waals surface area contributed by atoms with Gasteiger partial charge in [0.25, 0.3) is 0 Å². The lowest BCUT2D eigenvalue weighted by Crippen LogP contribution is -2.47. The van der Waals surface area contributed by atoms with E-state index in [2.05, 4.69) is 10.6 Å². The van der Waals surface area contributed by atoms with Crippen LogP contribution in [0.25, 0.3) is 0 Å². The molecule has 0 aliphatic carbocycles. The summed E-state index contributed by atoms with van der Waals surface area (Å²) in [5, 5.41) is 15.1. The Balaban J connectivity index is 1.77. The number of hydrogen-bond donors (Lipinski definition) is 3. The van der Waals surface area contributed by atoms with E-state index in [0.29, 0.717) is 38.2 Å². The predicted molar refractivity (Wildman–Crippen MR) is 81.9 cm³/mol. The van der Waals surface area contributed by atoms with Crippen molar-refractivity contribution in [1.82, 2.24) is 10.2 Å². The van der Waals surface area contributed by atoms with E-state index in [4.69, 9.17) is 4.74 Å². The maximum atomic E-state index is 11.9. The van der Waals surface area contributed by atoms with Gasteiger partial charge in [-0.25, -0.2) is 9.59 Å². The molecule has 1 heterocycles. The molecule has 0 atom stereocenters. The third-order valence-electron chi connectivity index (χ3n) is 3.51. The Bertz CT molecular complexity index is 527. The number of carbonyl (C=O) groups excluding carboxylic acids is 2. The molecule has 2 rings (SSSR count). The number of carbonyl (C=O) groups is 2. The SMILES string of the molecule is CCOC(=O)N1CCC(NC(=O)Nc2ccccc2O)CC1. The van der Waals surface area contributed by atoms with E-state index in [1.807, 2.05) is 0 Å². The zero-order valence-electron chi connectivity index (χ0n) is 12.5. The number of likely N-dealkylation sites (tertiary alicyclic amines) is 1. The Morgan fingerprint density at radius 1 is 1.32 bits per heavy atom. The van der Waals surface area contributed by atoms with Gasteiger partial charge in [-0.15, -0.1) is 0 Å². The van der Waals surface area contributed by atoms with Crippen LogP contribution in [0.1, 0.15) is 19.8 Å². The third-order valence-corrected chi connectivity index (χ3v) is 3.51. The highest BCUT2D eigenvalue weighted by atomic mass is 16.6. The van der Waals surface area contributed by atoms with Crippen LogP contribution >= 0.6 is 0 Å². The van der Waals surface area contributed by atoms with Crippen LogP contribution in [0.5, 0.6) is 5.75 Å². The first-order valence-electron chi connectivity index (χ1n) is 7.37. The Morgan fingerprint density at radius 3 is 2.64 bits per heavy atom. The van der Waals surface area contributed by atoms with Gasteiger partial charge in [-0.2, -0.15) is 0 Å². The van der Waals surface area contributed by atoms with Gasteiger partial charge in [-0.05, 0) is 31.9 Å². The molecule has 7 heteroatoms. The van der Waals surface area contributed by atoms with Gasteiger partial charge < -0.3 is 25.4 Å². The number of piperidine rings is 1. The number of ether oxygens (including phenoxy) is 1. The molecule has 1 aliphatic heterocycles. The van der Waals surface area contributed by atoms with Crippen molar-refractivity contribution in [1.29, 1.82) is 0 Å². The molecule has 7 nitrogen and oxygen atoms in total. The molecule has 0 saturated carbocycles. The van der Waals surface area contributed by atoms with Gasteiger partial charge in [-0.3, -0.25) is 0 Å². The van der Waals surface area contributed by atoms with Crippen LogP contribution < -0.4 is 10.6 Å². The summed E-state index contributed by atoms with van der Waals surface area (Å²) >= 11 is 0. The summed E-state index contributed by atoms with van der Waals surface area (Å²) in [6, 6.07) is 6.18. The Labute approximate surface area is 129 Å². The lowest BCUT2D eigenvalue weighted by atomic mass is 10.1. The predicted octanol–water partition coefficient (Wildman–Crippen LogP) is 2.13. The van der Waals surface area contributed by atoms with Gasteiger partial charge >= 0.3 is 12.1 Å². The van der Waals surface area contributed by atoms with E-state index < -0.39 is 0 Å². The molecule has 0 spiro atoms. The molecule has 0 bridgehead atoms. The number of hydrogen-bond acceptors (Lipinski definition) is 4. The largest absolute Gasteiger partial charge is 0.506 e. The van der Waals surface area contributed by atoms with E-state index in [0.717, 1.165) is 0 Å². The van der Waals surface area contributed by atoms with Gasteiger partial charge in [0.1, 0.15) is 5.75 Å². The molecule has 1 aromatic rings. The number of benzene rings is 1. The number of nitrogens with one attached hydrogen (secondary N) is 2. The molecule has 1 aliphatic rings. The minimum Gasteiger partial charge on any atom is -0.506 e. The molecule has 1 fully saturated rings. The normalized spacial score (nSPS) is 15.2. The fourth-order valence-corrected chi connectivity index (χ4v) is 2.34. The van der Waals surface area contributed by atoms with Gasteiger partial charge in [0.15, 0.2) is 0 Å². The monoisotopic (exact) mass is 307 g/mol. The molecule has 0 unspecified atom stereocenters. The molecule has 0 aromatic heterocycles.